The summed E-state index contributed by atoms with van der Waals surface area (Å²) >= 11 is 3.44. The first-order valence-corrected chi connectivity index (χ1v) is 10.00. The van der Waals surface area contributed by atoms with Crippen molar-refractivity contribution in [3.05, 3.63) is 57.8 Å². The minimum Gasteiger partial charge on any atom is -0.493 e. The van der Waals surface area contributed by atoms with Gasteiger partial charge in [0.05, 0.1) is 29.5 Å². The zero-order chi connectivity index (χ0) is 22.1. The lowest BCUT2D eigenvalue weighted by molar-refractivity contribution is -0.120. The summed E-state index contributed by atoms with van der Waals surface area (Å²) < 4.78 is 25.3. The van der Waals surface area contributed by atoms with Crippen LogP contribution in [0.4, 0.5) is 4.39 Å². The fraction of sp³-hybridized carbons (Fsp3) is 0.286. The third kappa shape index (κ3) is 6.84. The Morgan fingerprint density at radius 2 is 2.00 bits per heavy atom. The van der Waals surface area contributed by atoms with E-state index in [9.17, 15) is 14.0 Å². The van der Waals surface area contributed by atoms with E-state index in [4.69, 9.17) is 9.47 Å². The molecule has 0 aromatic heterocycles. The predicted molar refractivity (Wildman–Crippen MR) is 116 cm³/mol. The first kappa shape index (κ1) is 23.3. The Bertz CT molecular complexity index is 934. The van der Waals surface area contributed by atoms with Gasteiger partial charge in [-0.15, -0.1) is 0 Å². The Balaban J connectivity index is 1.86. The van der Waals surface area contributed by atoms with E-state index >= 15 is 0 Å². The molecule has 0 saturated carbocycles. The fourth-order valence-corrected chi connectivity index (χ4v) is 2.98. The number of carbonyl (C=O) groups excluding carboxylic acids is 2. The SMILES string of the molecule is COc1cc(C=NNC(=O)CCNC(=O)c2ccccc2F)cc(Br)c1OC(C)C. The smallest absolute Gasteiger partial charge is 0.254 e. The summed E-state index contributed by atoms with van der Waals surface area (Å²) in [4.78, 5) is 23.8. The molecule has 0 spiro atoms. The van der Waals surface area contributed by atoms with Crippen LogP contribution in [0.25, 0.3) is 0 Å². The number of rotatable bonds is 9. The van der Waals surface area contributed by atoms with Crippen molar-refractivity contribution in [3.8, 4) is 11.5 Å². The molecule has 2 rings (SSSR count). The molecule has 160 valence electrons. The molecule has 0 saturated heterocycles. The number of carbonyl (C=O) groups is 2. The van der Waals surface area contributed by atoms with Gasteiger partial charge in [0.15, 0.2) is 11.5 Å². The van der Waals surface area contributed by atoms with Gasteiger partial charge in [0, 0.05) is 13.0 Å². The lowest BCUT2D eigenvalue weighted by atomic mass is 10.2. The molecule has 0 aliphatic heterocycles. The van der Waals surface area contributed by atoms with Crippen molar-refractivity contribution in [1.29, 1.82) is 0 Å². The van der Waals surface area contributed by atoms with Gasteiger partial charge in [0.1, 0.15) is 5.82 Å². The first-order chi connectivity index (χ1) is 14.3. The van der Waals surface area contributed by atoms with Crippen LogP contribution in [0.3, 0.4) is 0 Å². The molecule has 2 N–H and O–H groups in total. The summed E-state index contributed by atoms with van der Waals surface area (Å²) in [5, 5.41) is 6.40. The molecule has 0 radical (unpaired) electrons. The van der Waals surface area contributed by atoms with Crippen molar-refractivity contribution in [2.45, 2.75) is 26.4 Å². The Kier molecular flexibility index (Phi) is 8.79. The van der Waals surface area contributed by atoms with Crippen LogP contribution < -0.4 is 20.2 Å². The van der Waals surface area contributed by atoms with Crippen LogP contribution in [-0.2, 0) is 4.79 Å². The van der Waals surface area contributed by atoms with E-state index in [-0.39, 0.29) is 24.6 Å². The van der Waals surface area contributed by atoms with E-state index in [1.165, 1.54) is 31.5 Å². The average Bonchev–Trinajstić information content (AvgIpc) is 2.69. The van der Waals surface area contributed by atoms with Crippen LogP contribution in [0.5, 0.6) is 11.5 Å². The van der Waals surface area contributed by atoms with Crippen LogP contribution >= 0.6 is 15.9 Å². The minimum absolute atomic E-state index is 0.00822. The summed E-state index contributed by atoms with van der Waals surface area (Å²) in [5.41, 5.74) is 2.99. The monoisotopic (exact) mass is 479 g/mol. The van der Waals surface area contributed by atoms with Crippen molar-refractivity contribution in [3.63, 3.8) is 0 Å². The average molecular weight is 480 g/mol. The molecular weight excluding hydrogens is 457 g/mol. The molecular formula is C21H23BrFN3O4. The number of halogens is 2. The molecule has 9 heteroatoms. The molecule has 0 bridgehead atoms. The summed E-state index contributed by atoms with van der Waals surface area (Å²) in [6.45, 7) is 3.88. The second-order valence-electron chi connectivity index (χ2n) is 6.48. The molecule has 0 atom stereocenters. The summed E-state index contributed by atoms with van der Waals surface area (Å²) in [6, 6.07) is 9.15. The molecule has 0 fully saturated rings. The lowest BCUT2D eigenvalue weighted by Gasteiger charge is -2.15. The summed E-state index contributed by atoms with van der Waals surface area (Å²) in [5.74, 6) is -0.479. The highest BCUT2D eigenvalue weighted by Gasteiger charge is 2.13. The number of hydrogen-bond acceptors (Lipinski definition) is 5. The van der Waals surface area contributed by atoms with Crippen LogP contribution in [0, 0.1) is 5.82 Å². The molecule has 2 aromatic carbocycles. The molecule has 2 aromatic rings. The number of hydrogen-bond donors (Lipinski definition) is 2. The zero-order valence-corrected chi connectivity index (χ0v) is 18.5. The standard InChI is InChI=1S/C21H23BrFN3O4/c1-13(2)30-20-16(22)10-14(11-18(20)29-3)12-25-26-19(27)8-9-24-21(28)15-6-4-5-7-17(15)23/h4-7,10-13H,8-9H2,1-3H3,(H,24,28)(H,26,27). The quantitative estimate of drug-likeness (QED) is 0.424. The van der Waals surface area contributed by atoms with Crippen molar-refractivity contribution in [1.82, 2.24) is 10.7 Å². The van der Waals surface area contributed by atoms with Gasteiger partial charge in [-0.3, -0.25) is 9.59 Å². The number of hydrazone groups is 1. The molecule has 30 heavy (non-hydrogen) atoms. The van der Waals surface area contributed by atoms with Gasteiger partial charge >= 0.3 is 0 Å². The normalized spacial score (nSPS) is 10.9. The van der Waals surface area contributed by atoms with Gasteiger partial charge in [-0.1, -0.05) is 12.1 Å². The van der Waals surface area contributed by atoms with Crippen LogP contribution in [0.1, 0.15) is 36.2 Å². The number of nitrogens with zero attached hydrogens (tertiary/aromatic N) is 1. The number of ether oxygens (including phenoxy) is 2. The van der Waals surface area contributed by atoms with E-state index in [0.29, 0.717) is 21.5 Å². The van der Waals surface area contributed by atoms with E-state index in [1.807, 2.05) is 13.8 Å². The van der Waals surface area contributed by atoms with Gasteiger partial charge in [-0.25, -0.2) is 9.82 Å². The zero-order valence-electron chi connectivity index (χ0n) is 16.9. The Hall–Kier alpha value is -2.94. The van der Waals surface area contributed by atoms with Crippen molar-refractivity contribution in [2.75, 3.05) is 13.7 Å². The van der Waals surface area contributed by atoms with Gasteiger partial charge in [0.2, 0.25) is 5.91 Å². The number of benzene rings is 2. The van der Waals surface area contributed by atoms with Gasteiger partial charge in [0.25, 0.3) is 5.91 Å². The van der Waals surface area contributed by atoms with E-state index < -0.39 is 17.6 Å². The lowest BCUT2D eigenvalue weighted by Crippen LogP contribution is -2.29. The summed E-state index contributed by atoms with van der Waals surface area (Å²) in [6.07, 6.45) is 1.43. The van der Waals surface area contributed by atoms with Crippen molar-refractivity contribution < 1.29 is 23.5 Å². The molecule has 0 unspecified atom stereocenters. The third-order valence-electron chi connectivity index (χ3n) is 3.76. The maximum absolute atomic E-state index is 13.5. The largest absolute Gasteiger partial charge is 0.493 e. The molecule has 0 aliphatic rings. The summed E-state index contributed by atoms with van der Waals surface area (Å²) in [7, 11) is 1.53. The maximum Gasteiger partial charge on any atom is 0.254 e. The predicted octanol–water partition coefficient (Wildman–Crippen LogP) is 3.65. The third-order valence-corrected chi connectivity index (χ3v) is 4.35. The highest BCUT2D eigenvalue weighted by atomic mass is 79.9. The van der Waals surface area contributed by atoms with E-state index in [0.717, 1.165) is 0 Å². The fourth-order valence-electron chi connectivity index (χ4n) is 2.43. The van der Waals surface area contributed by atoms with Crippen LogP contribution in [0.15, 0.2) is 46.0 Å². The Morgan fingerprint density at radius 3 is 2.67 bits per heavy atom. The number of amides is 2. The van der Waals surface area contributed by atoms with Crippen molar-refractivity contribution >= 4 is 34.0 Å². The van der Waals surface area contributed by atoms with Crippen LogP contribution in [0.2, 0.25) is 0 Å². The van der Waals surface area contributed by atoms with Gasteiger partial charge in [-0.2, -0.15) is 5.10 Å². The van der Waals surface area contributed by atoms with Gasteiger partial charge in [-0.05, 0) is 59.6 Å². The molecule has 2 amide bonds. The Morgan fingerprint density at radius 1 is 1.27 bits per heavy atom. The molecule has 0 aliphatic carbocycles. The topological polar surface area (TPSA) is 89.0 Å². The minimum atomic E-state index is -0.615. The van der Waals surface area contributed by atoms with Gasteiger partial charge < -0.3 is 14.8 Å². The first-order valence-electron chi connectivity index (χ1n) is 9.20. The van der Waals surface area contributed by atoms with Crippen LogP contribution in [-0.4, -0.2) is 37.8 Å². The maximum atomic E-state index is 13.5. The molecule has 7 nitrogen and oxygen atoms in total. The molecule has 0 heterocycles. The number of nitrogens with one attached hydrogen (secondary N) is 2. The van der Waals surface area contributed by atoms with E-state index in [1.54, 1.807) is 18.2 Å². The second kappa shape index (κ2) is 11.3. The Labute approximate surface area is 182 Å². The highest BCUT2D eigenvalue weighted by molar-refractivity contribution is 9.10. The van der Waals surface area contributed by atoms with E-state index in [2.05, 4.69) is 31.8 Å². The van der Waals surface area contributed by atoms with Crippen molar-refractivity contribution in [2.24, 2.45) is 5.10 Å². The second-order valence-corrected chi connectivity index (χ2v) is 7.33. The highest BCUT2D eigenvalue weighted by Crippen LogP contribution is 2.36. The number of methoxy groups -OCH3 is 1.